The van der Waals surface area contributed by atoms with Crippen molar-refractivity contribution in [3.05, 3.63) is 34.9 Å². The van der Waals surface area contributed by atoms with Crippen molar-refractivity contribution in [3.8, 4) is 0 Å². The van der Waals surface area contributed by atoms with Crippen LogP contribution in [0.4, 0.5) is 0 Å². The lowest BCUT2D eigenvalue weighted by Crippen LogP contribution is -2.17. The number of esters is 2. The minimum absolute atomic E-state index is 0.0395. The van der Waals surface area contributed by atoms with E-state index in [0.29, 0.717) is 0 Å². The Hall–Kier alpha value is -1.68. The molecule has 0 aliphatic heterocycles. The van der Waals surface area contributed by atoms with E-state index >= 15 is 0 Å². The van der Waals surface area contributed by atoms with Crippen LogP contribution < -0.4 is 0 Å². The number of carbonyl (C=O) groups excluding carboxylic acids is 2. The van der Waals surface area contributed by atoms with Crippen molar-refractivity contribution >= 4 is 11.9 Å². The first kappa shape index (κ1) is 12.4. The molecule has 0 spiro atoms. The summed E-state index contributed by atoms with van der Waals surface area (Å²) in [4.78, 5) is 21.9. The summed E-state index contributed by atoms with van der Waals surface area (Å²) in [5.74, 6) is -1.57. The van der Waals surface area contributed by atoms with Crippen molar-refractivity contribution in [2.24, 2.45) is 0 Å². The summed E-state index contributed by atoms with van der Waals surface area (Å²) in [5.41, 5.74) is 2.91. The van der Waals surface area contributed by atoms with E-state index < -0.39 is 18.5 Å². The average Bonchev–Trinajstić information content (AvgIpc) is 2.22. The van der Waals surface area contributed by atoms with Gasteiger partial charge in [0.15, 0.2) is 0 Å². The Kier molecular flexibility index (Phi) is 4.19. The first-order valence-electron chi connectivity index (χ1n) is 4.93. The van der Waals surface area contributed by atoms with E-state index in [2.05, 4.69) is 4.74 Å². The molecule has 16 heavy (non-hydrogen) atoms. The van der Waals surface area contributed by atoms with E-state index in [1.54, 1.807) is 0 Å². The van der Waals surface area contributed by atoms with E-state index in [1.807, 2.05) is 32.0 Å². The first-order chi connectivity index (χ1) is 7.52. The van der Waals surface area contributed by atoms with Crippen LogP contribution in [-0.4, -0.2) is 23.7 Å². The van der Waals surface area contributed by atoms with E-state index in [4.69, 9.17) is 5.11 Å². The highest BCUT2D eigenvalue weighted by atomic mass is 16.6. The maximum Gasteiger partial charge on any atom is 0.339 e. The lowest BCUT2D eigenvalue weighted by Gasteiger charge is -2.05. The topological polar surface area (TPSA) is 63.6 Å². The molecule has 0 heterocycles. The van der Waals surface area contributed by atoms with Crippen LogP contribution >= 0.6 is 0 Å². The standard InChI is InChI=1S/C12H14O4/c1-8-3-4-10(9(2)5-8)6-11(14)16-12(15)7-13/h3-5,13H,6-7H2,1-2H3. The maximum atomic E-state index is 11.3. The number of aliphatic hydroxyl groups excluding tert-OH is 1. The zero-order valence-electron chi connectivity index (χ0n) is 9.32. The van der Waals surface area contributed by atoms with Crippen molar-refractivity contribution in [3.63, 3.8) is 0 Å². The van der Waals surface area contributed by atoms with Gasteiger partial charge in [0.05, 0.1) is 6.42 Å². The number of hydrogen-bond donors (Lipinski definition) is 1. The van der Waals surface area contributed by atoms with Crippen LogP contribution in [0.2, 0.25) is 0 Å². The molecule has 1 aromatic carbocycles. The summed E-state index contributed by atoms with van der Waals surface area (Å²) < 4.78 is 4.36. The highest BCUT2D eigenvalue weighted by Gasteiger charge is 2.11. The summed E-state index contributed by atoms with van der Waals surface area (Å²) in [5, 5.41) is 8.41. The number of ether oxygens (including phenoxy) is 1. The number of benzene rings is 1. The van der Waals surface area contributed by atoms with E-state index in [-0.39, 0.29) is 6.42 Å². The second kappa shape index (κ2) is 5.42. The van der Waals surface area contributed by atoms with E-state index in [0.717, 1.165) is 16.7 Å². The second-order valence-corrected chi connectivity index (χ2v) is 3.61. The van der Waals surface area contributed by atoms with Gasteiger partial charge >= 0.3 is 11.9 Å². The number of carbonyl (C=O) groups is 2. The van der Waals surface area contributed by atoms with E-state index in [1.165, 1.54) is 0 Å². The van der Waals surface area contributed by atoms with Gasteiger partial charge in [0.1, 0.15) is 6.61 Å². The lowest BCUT2D eigenvalue weighted by atomic mass is 10.0. The molecule has 1 N–H and O–H groups in total. The maximum absolute atomic E-state index is 11.3. The molecule has 0 amide bonds. The monoisotopic (exact) mass is 222 g/mol. The fraction of sp³-hybridized carbons (Fsp3) is 0.333. The second-order valence-electron chi connectivity index (χ2n) is 3.61. The highest BCUT2D eigenvalue weighted by Crippen LogP contribution is 2.11. The summed E-state index contributed by atoms with van der Waals surface area (Å²) in [6.45, 7) is 3.08. The fourth-order valence-corrected chi connectivity index (χ4v) is 1.39. The first-order valence-corrected chi connectivity index (χ1v) is 4.93. The molecule has 0 bridgehead atoms. The minimum Gasteiger partial charge on any atom is -0.391 e. The molecule has 0 atom stereocenters. The Morgan fingerprint density at radius 3 is 2.50 bits per heavy atom. The molecule has 0 aliphatic carbocycles. The molecule has 0 saturated carbocycles. The van der Waals surface area contributed by atoms with Gasteiger partial charge in [-0.1, -0.05) is 23.8 Å². The smallest absolute Gasteiger partial charge is 0.339 e. The third-order valence-corrected chi connectivity index (χ3v) is 2.19. The van der Waals surface area contributed by atoms with Crippen LogP contribution in [0.25, 0.3) is 0 Å². The minimum atomic E-state index is -0.922. The molecular weight excluding hydrogens is 208 g/mol. The van der Waals surface area contributed by atoms with Crippen LogP contribution in [0.5, 0.6) is 0 Å². The molecule has 0 radical (unpaired) electrons. The van der Waals surface area contributed by atoms with Gasteiger partial charge in [0.25, 0.3) is 0 Å². The van der Waals surface area contributed by atoms with Crippen molar-refractivity contribution < 1.29 is 19.4 Å². The van der Waals surface area contributed by atoms with Crippen molar-refractivity contribution in [1.82, 2.24) is 0 Å². The van der Waals surface area contributed by atoms with Gasteiger partial charge in [0.2, 0.25) is 0 Å². The normalized spacial score (nSPS) is 9.94. The predicted octanol–water partition coefficient (Wildman–Crippen LogP) is 0.908. The van der Waals surface area contributed by atoms with Gasteiger partial charge in [-0.3, -0.25) is 4.79 Å². The molecule has 0 saturated heterocycles. The van der Waals surface area contributed by atoms with Gasteiger partial charge in [-0.25, -0.2) is 4.79 Å². The number of rotatable bonds is 3. The van der Waals surface area contributed by atoms with Crippen LogP contribution in [0, 0.1) is 13.8 Å². The average molecular weight is 222 g/mol. The quantitative estimate of drug-likeness (QED) is 0.610. The van der Waals surface area contributed by atoms with Gasteiger partial charge < -0.3 is 9.84 Å². The van der Waals surface area contributed by atoms with Crippen molar-refractivity contribution in [2.75, 3.05) is 6.61 Å². The zero-order valence-corrected chi connectivity index (χ0v) is 9.32. The zero-order chi connectivity index (χ0) is 12.1. The Morgan fingerprint density at radius 2 is 1.94 bits per heavy atom. The Morgan fingerprint density at radius 1 is 1.25 bits per heavy atom. The summed E-state index contributed by atoms with van der Waals surface area (Å²) in [7, 11) is 0. The third kappa shape index (κ3) is 3.47. The van der Waals surface area contributed by atoms with Gasteiger partial charge in [-0.2, -0.15) is 0 Å². The molecule has 0 aliphatic rings. The van der Waals surface area contributed by atoms with Gasteiger partial charge in [-0.15, -0.1) is 0 Å². The van der Waals surface area contributed by atoms with Gasteiger partial charge in [0, 0.05) is 0 Å². The summed E-state index contributed by atoms with van der Waals surface area (Å²) in [6.07, 6.45) is 0.0395. The highest BCUT2D eigenvalue weighted by molar-refractivity contribution is 5.87. The molecule has 1 rings (SSSR count). The number of hydrogen-bond acceptors (Lipinski definition) is 4. The lowest BCUT2D eigenvalue weighted by molar-refractivity contribution is -0.161. The van der Waals surface area contributed by atoms with Crippen molar-refractivity contribution in [2.45, 2.75) is 20.3 Å². The van der Waals surface area contributed by atoms with Crippen LogP contribution in [0.15, 0.2) is 18.2 Å². The van der Waals surface area contributed by atoms with Crippen LogP contribution in [0.3, 0.4) is 0 Å². The molecule has 4 heteroatoms. The Bertz CT molecular complexity index is 409. The molecule has 86 valence electrons. The molecule has 1 aromatic rings. The molecule has 0 aromatic heterocycles. The van der Waals surface area contributed by atoms with Crippen LogP contribution in [0.1, 0.15) is 16.7 Å². The molecule has 0 unspecified atom stereocenters. The van der Waals surface area contributed by atoms with Crippen LogP contribution in [-0.2, 0) is 20.7 Å². The Labute approximate surface area is 93.9 Å². The van der Waals surface area contributed by atoms with E-state index in [9.17, 15) is 9.59 Å². The fourth-order valence-electron chi connectivity index (χ4n) is 1.39. The molecular formula is C12H14O4. The largest absolute Gasteiger partial charge is 0.391 e. The van der Waals surface area contributed by atoms with Gasteiger partial charge in [-0.05, 0) is 25.0 Å². The van der Waals surface area contributed by atoms with Crippen molar-refractivity contribution in [1.29, 1.82) is 0 Å². The summed E-state index contributed by atoms with van der Waals surface area (Å²) >= 11 is 0. The summed E-state index contributed by atoms with van der Waals surface area (Å²) in [6, 6.07) is 5.68. The molecule has 0 fully saturated rings. The third-order valence-electron chi connectivity index (χ3n) is 2.19. The predicted molar refractivity (Wildman–Crippen MR) is 57.8 cm³/mol. The Balaban J connectivity index is 2.66. The number of aliphatic hydroxyl groups is 1. The molecule has 4 nitrogen and oxygen atoms in total. The SMILES string of the molecule is Cc1ccc(CC(=O)OC(=O)CO)c(C)c1. The number of aryl methyl sites for hydroxylation is 2.